The van der Waals surface area contributed by atoms with Gasteiger partial charge in [-0.15, -0.1) is 0 Å². The van der Waals surface area contributed by atoms with E-state index in [0.29, 0.717) is 16.9 Å². The van der Waals surface area contributed by atoms with Gasteiger partial charge in [0.1, 0.15) is 17.4 Å². The molecule has 1 aromatic carbocycles. The number of benzene rings is 1. The molecule has 1 unspecified atom stereocenters. The summed E-state index contributed by atoms with van der Waals surface area (Å²) in [6, 6.07) is 6.78. The lowest BCUT2D eigenvalue weighted by Crippen LogP contribution is -2.22. The summed E-state index contributed by atoms with van der Waals surface area (Å²) in [5, 5.41) is 9.73. The van der Waals surface area contributed by atoms with E-state index in [1.54, 1.807) is 31.2 Å². The van der Waals surface area contributed by atoms with Crippen molar-refractivity contribution in [3.8, 4) is 5.75 Å². The maximum Gasteiger partial charge on any atom is 0.342 e. The average molecular weight is 290 g/mol. The van der Waals surface area contributed by atoms with E-state index in [2.05, 4.69) is 6.58 Å². The second-order valence-corrected chi connectivity index (χ2v) is 5.48. The number of rotatable bonds is 5. The van der Waals surface area contributed by atoms with Crippen molar-refractivity contribution >= 4 is 5.97 Å². The molecular formula is C17H22O4. The third-order valence-electron chi connectivity index (χ3n) is 3.59. The molecule has 1 aromatic rings. The highest BCUT2D eigenvalue weighted by Crippen LogP contribution is 2.25. The zero-order chi connectivity index (χ0) is 15.2. The number of esters is 1. The SMILES string of the molecule is C=C(C)C(O)Oc1ccccc1C(=O)OC1CCCCC1. The Labute approximate surface area is 125 Å². The average Bonchev–Trinajstić information content (AvgIpc) is 2.48. The summed E-state index contributed by atoms with van der Waals surface area (Å²) in [4.78, 5) is 12.3. The quantitative estimate of drug-likeness (QED) is 0.512. The van der Waals surface area contributed by atoms with Gasteiger partial charge >= 0.3 is 5.97 Å². The predicted octanol–water partition coefficient (Wildman–Crippen LogP) is 3.45. The Balaban J connectivity index is 2.07. The molecule has 21 heavy (non-hydrogen) atoms. The number of ether oxygens (including phenoxy) is 2. The lowest BCUT2D eigenvalue weighted by atomic mass is 9.98. The normalized spacial score (nSPS) is 17.0. The van der Waals surface area contributed by atoms with Crippen LogP contribution in [-0.2, 0) is 4.74 Å². The number of hydrogen-bond donors (Lipinski definition) is 1. The van der Waals surface area contributed by atoms with Gasteiger partial charge in [0.2, 0.25) is 6.29 Å². The Morgan fingerprint density at radius 1 is 1.29 bits per heavy atom. The van der Waals surface area contributed by atoms with Gasteiger partial charge in [0, 0.05) is 0 Å². The first kappa shape index (κ1) is 15.6. The van der Waals surface area contributed by atoms with Crippen LogP contribution in [0.5, 0.6) is 5.75 Å². The van der Waals surface area contributed by atoms with Gasteiger partial charge in [0.15, 0.2) is 0 Å². The highest BCUT2D eigenvalue weighted by atomic mass is 16.6. The minimum atomic E-state index is -1.13. The zero-order valence-corrected chi connectivity index (χ0v) is 12.4. The van der Waals surface area contributed by atoms with Crippen LogP contribution >= 0.6 is 0 Å². The smallest absolute Gasteiger partial charge is 0.342 e. The second-order valence-electron chi connectivity index (χ2n) is 5.48. The first-order chi connectivity index (χ1) is 10.1. The maximum atomic E-state index is 12.3. The fraction of sp³-hybridized carbons (Fsp3) is 0.471. The van der Waals surface area contributed by atoms with Crippen molar-refractivity contribution in [2.24, 2.45) is 0 Å². The number of aliphatic hydroxyl groups excluding tert-OH is 1. The maximum absolute atomic E-state index is 12.3. The number of hydrogen-bond acceptors (Lipinski definition) is 4. The third-order valence-corrected chi connectivity index (χ3v) is 3.59. The number of carbonyl (C=O) groups excluding carboxylic acids is 1. The van der Waals surface area contributed by atoms with E-state index in [4.69, 9.17) is 9.47 Å². The molecule has 0 aliphatic heterocycles. The summed E-state index contributed by atoms with van der Waals surface area (Å²) >= 11 is 0. The topological polar surface area (TPSA) is 55.8 Å². The molecular weight excluding hydrogens is 268 g/mol. The van der Waals surface area contributed by atoms with Crippen LogP contribution in [0.25, 0.3) is 0 Å². The van der Waals surface area contributed by atoms with E-state index in [1.807, 2.05) is 0 Å². The Morgan fingerprint density at radius 2 is 1.95 bits per heavy atom. The van der Waals surface area contributed by atoms with Crippen molar-refractivity contribution in [2.45, 2.75) is 51.4 Å². The van der Waals surface area contributed by atoms with Crippen LogP contribution in [0.1, 0.15) is 49.4 Å². The van der Waals surface area contributed by atoms with Gasteiger partial charge in [-0.1, -0.05) is 25.1 Å². The van der Waals surface area contributed by atoms with E-state index in [-0.39, 0.29) is 6.10 Å². The highest BCUT2D eigenvalue weighted by Gasteiger charge is 2.22. The first-order valence-corrected chi connectivity index (χ1v) is 7.38. The lowest BCUT2D eigenvalue weighted by Gasteiger charge is -2.22. The molecule has 0 radical (unpaired) electrons. The fourth-order valence-electron chi connectivity index (χ4n) is 2.36. The molecule has 0 bridgehead atoms. The van der Waals surface area contributed by atoms with Crippen molar-refractivity contribution < 1.29 is 19.4 Å². The van der Waals surface area contributed by atoms with Crippen molar-refractivity contribution in [1.82, 2.24) is 0 Å². The Kier molecular flexibility index (Phi) is 5.39. The summed E-state index contributed by atoms with van der Waals surface area (Å²) in [5.41, 5.74) is 0.814. The third kappa shape index (κ3) is 4.33. The monoisotopic (exact) mass is 290 g/mol. The van der Waals surface area contributed by atoms with Crippen molar-refractivity contribution in [3.05, 3.63) is 42.0 Å². The van der Waals surface area contributed by atoms with Crippen LogP contribution in [0.4, 0.5) is 0 Å². The molecule has 0 saturated heterocycles. The molecule has 0 heterocycles. The molecule has 1 fully saturated rings. The van der Waals surface area contributed by atoms with Gasteiger partial charge in [-0.3, -0.25) is 0 Å². The molecule has 4 nitrogen and oxygen atoms in total. The molecule has 1 atom stereocenters. The Hall–Kier alpha value is -1.81. The fourth-order valence-corrected chi connectivity index (χ4v) is 2.36. The minimum absolute atomic E-state index is 0.00892. The van der Waals surface area contributed by atoms with Crippen LogP contribution < -0.4 is 4.74 Å². The molecule has 0 aromatic heterocycles. The second kappa shape index (κ2) is 7.27. The summed E-state index contributed by atoms with van der Waals surface area (Å²) in [6.45, 7) is 5.29. The first-order valence-electron chi connectivity index (χ1n) is 7.38. The van der Waals surface area contributed by atoms with Gasteiger partial charge in [-0.25, -0.2) is 4.79 Å². The molecule has 0 spiro atoms. The number of carbonyl (C=O) groups is 1. The van der Waals surface area contributed by atoms with Crippen molar-refractivity contribution in [1.29, 1.82) is 0 Å². The van der Waals surface area contributed by atoms with Crippen molar-refractivity contribution in [3.63, 3.8) is 0 Å². The van der Waals surface area contributed by atoms with E-state index in [9.17, 15) is 9.90 Å². The van der Waals surface area contributed by atoms with Crippen molar-refractivity contribution in [2.75, 3.05) is 0 Å². The van der Waals surface area contributed by atoms with E-state index in [1.165, 1.54) is 6.42 Å². The molecule has 114 valence electrons. The van der Waals surface area contributed by atoms with Gasteiger partial charge in [-0.05, 0) is 50.3 Å². The largest absolute Gasteiger partial charge is 0.460 e. The van der Waals surface area contributed by atoms with Crippen LogP contribution in [-0.4, -0.2) is 23.5 Å². The van der Waals surface area contributed by atoms with Crippen LogP contribution in [0.2, 0.25) is 0 Å². The molecule has 0 amide bonds. The van der Waals surface area contributed by atoms with E-state index >= 15 is 0 Å². The Morgan fingerprint density at radius 3 is 2.62 bits per heavy atom. The standard InChI is InChI=1S/C17H22O4/c1-12(2)16(18)21-15-11-7-6-10-14(15)17(19)20-13-8-4-3-5-9-13/h6-7,10-11,13,16,18H,1,3-5,8-9H2,2H3. The van der Waals surface area contributed by atoms with Gasteiger partial charge < -0.3 is 14.6 Å². The minimum Gasteiger partial charge on any atom is -0.460 e. The molecule has 4 heteroatoms. The lowest BCUT2D eigenvalue weighted by molar-refractivity contribution is 0.00929. The van der Waals surface area contributed by atoms with Gasteiger partial charge in [0.25, 0.3) is 0 Å². The summed E-state index contributed by atoms with van der Waals surface area (Å²) in [6.07, 6.45) is 4.11. The summed E-state index contributed by atoms with van der Waals surface area (Å²) in [7, 11) is 0. The molecule has 2 rings (SSSR count). The van der Waals surface area contributed by atoms with E-state index in [0.717, 1.165) is 25.7 Å². The Bertz CT molecular complexity index is 503. The zero-order valence-electron chi connectivity index (χ0n) is 12.4. The van der Waals surface area contributed by atoms with Gasteiger partial charge in [-0.2, -0.15) is 0 Å². The number of para-hydroxylation sites is 1. The number of aliphatic hydroxyl groups is 1. The van der Waals surface area contributed by atoms with Gasteiger partial charge in [0.05, 0.1) is 0 Å². The van der Waals surface area contributed by atoms with E-state index < -0.39 is 12.3 Å². The molecule has 1 saturated carbocycles. The molecule has 1 aliphatic carbocycles. The summed E-state index contributed by atoms with van der Waals surface area (Å²) < 4.78 is 10.9. The molecule has 1 N–H and O–H groups in total. The highest BCUT2D eigenvalue weighted by molar-refractivity contribution is 5.92. The van der Waals surface area contributed by atoms with Crippen LogP contribution in [0, 0.1) is 0 Å². The van der Waals surface area contributed by atoms with Crippen LogP contribution in [0.15, 0.2) is 36.4 Å². The predicted molar refractivity (Wildman–Crippen MR) is 80.2 cm³/mol. The molecule has 1 aliphatic rings. The van der Waals surface area contributed by atoms with Crippen LogP contribution in [0.3, 0.4) is 0 Å². The summed E-state index contributed by atoms with van der Waals surface area (Å²) in [5.74, 6) is -0.0831.